The second kappa shape index (κ2) is 6.19. The zero-order valence-corrected chi connectivity index (χ0v) is 12.3. The molecule has 1 aromatic rings. The predicted molar refractivity (Wildman–Crippen MR) is 78.0 cm³/mol. The number of aryl methyl sites for hydroxylation is 1. The van der Waals surface area contributed by atoms with E-state index in [1.807, 2.05) is 13.0 Å². The fourth-order valence-corrected chi connectivity index (χ4v) is 2.55. The Bertz CT molecular complexity index is 492. The quantitative estimate of drug-likeness (QED) is 0.800. The largest absolute Gasteiger partial charge is 0.465 e. The van der Waals surface area contributed by atoms with Crippen LogP contribution in [0.25, 0.3) is 0 Å². The second-order valence-electron chi connectivity index (χ2n) is 5.14. The number of likely N-dealkylation sites (N-methyl/N-ethyl adjacent to an activating group) is 1. The molecule has 0 bridgehead atoms. The number of carbonyl (C=O) groups excluding carboxylic acids is 1. The maximum atomic E-state index is 11.6. The predicted octanol–water partition coefficient (Wildman–Crippen LogP) is 0.256. The number of methoxy groups -OCH3 is 1. The van der Waals surface area contributed by atoms with Crippen molar-refractivity contribution in [3.63, 3.8) is 0 Å². The van der Waals surface area contributed by atoms with E-state index in [4.69, 9.17) is 10.5 Å². The fraction of sp³-hybridized carbons (Fsp3) is 0.571. The van der Waals surface area contributed by atoms with E-state index in [0.29, 0.717) is 17.8 Å². The Hall–Kier alpha value is -1.66. The summed E-state index contributed by atoms with van der Waals surface area (Å²) in [7, 11) is 3.47. The summed E-state index contributed by atoms with van der Waals surface area (Å²) in [5.74, 6) is 0.522. The van der Waals surface area contributed by atoms with E-state index in [2.05, 4.69) is 21.8 Å². The van der Waals surface area contributed by atoms with E-state index in [1.54, 1.807) is 6.07 Å². The maximum absolute atomic E-state index is 11.6. The molecular weight excluding hydrogens is 256 g/mol. The SMILES string of the molecule is COC(=O)c1ccc(N2CCN(C)CC2CN)nc1C. The van der Waals surface area contributed by atoms with Crippen molar-refractivity contribution >= 4 is 11.8 Å². The first-order valence-corrected chi connectivity index (χ1v) is 6.78. The van der Waals surface area contributed by atoms with Crippen molar-refractivity contribution in [1.82, 2.24) is 9.88 Å². The molecule has 2 N–H and O–H groups in total. The zero-order chi connectivity index (χ0) is 14.7. The van der Waals surface area contributed by atoms with Gasteiger partial charge in [-0.05, 0) is 26.1 Å². The van der Waals surface area contributed by atoms with Crippen LogP contribution in [0.1, 0.15) is 16.1 Å². The molecule has 6 nitrogen and oxygen atoms in total. The van der Waals surface area contributed by atoms with E-state index in [0.717, 1.165) is 25.5 Å². The van der Waals surface area contributed by atoms with Gasteiger partial charge >= 0.3 is 5.97 Å². The number of rotatable bonds is 3. The summed E-state index contributed by atoms with van der Waals surface area (Å²) in [6.45, 7) is 5.21. The Morgan fingerprint density at radius 2 is 2.25 bits per heavy atom. The molecule has 0 radical (unpaired) electrons. The average molecular weight is 278 g/mol. The number of carbonyl (C=O) groups is 1. The first kappa shape index (κ1) is 14.7. The Balaban J connectivity index is 2.24. The molecule has 0 aliphatic carbocycles. The number of nitrogens with two attached hydrogens (primary N) is 1. The average Bonchev–Trinajstić information content (AvgIpc) is 2.46. The first-order chi connectivity index (χ1) is 9.56. The standard InChI is InChI=1S/C14H22N4O2/c1-10-12(14(19)20-3)4-5-13(16-10)18-7-6-17(2)9-11(18)8-15/h4-5,11H,6-9,15H2,1-3H3. The highest BCUT2D eigenvalue weighted by atomic mass is 16.5. The van der Waals surface area contributed by atoms with Crippen LogP contribution in [0.2, 0.25) is 0 Å². The lowest BCUT2D eigenvalue weighted by Gasteiger charge is -2.40. The molecule has 1 saturated heterocycles. The van der Waals surface area contributed by atoms with Crippen LogP contribution >= 0.6 is 0 Å². The summed E-state index contributed by atoms with van der Waals surface area (Å²) < 4.78 is 4.74. The summed E-state index contributed by atoms with van der Waals surface area (Å²) in [6.07, 6.45) is 0. The van der Waals surface area contributed by atoms with Crippen LogP contribution in [0.5, 0.6) is 0 Å². The number of hydrogen-bond donors (Lipinski definition) is 1. The van der Waals surface area contributed by atoms with Gasteiger partial charge in [0.1, 0.15) is 5.82 Å². The van der Waals surface area contributed by atoms with Gasteiger partial charge in [-0.2, -0.15) is 0 Å². The molecule has 1 atom stereocenters. The summed E-state index contributed by atoms with van der Waals surface area (Å²) in [4.78, 5) is 20.6. The third-order valence-corrected chi connectivity index (χ3v) is 3.73. The van der Waals surface area contributed by atoms with Gasteiger partial charge in [0.2, 0.25) is 0 Å². The molecule has 0 aromatic carbocycles. The van der Waals surface area contributed by atoms with Crippen molar-refractivity contribution in [3.8, 4) is 0 Å². The smallest absolute Gasteiger partial charge is 0.339 e. The van der Waals surface area contributed by atoms with E-state index in [-0.39, 0.29) is 12.0 Å². The summed E-state index contributed by atoms with van der Waals surface area (Å²) >= 11 is 0. The van der Waals surface area contributed by atoms with Gasteiger partial charge in [0.25, 0.3) is 0 Å². The monoisotopic (exact) mass is 278 g/mol. The van der Waals surface area contributed by atoms with Crippen molar-refractivity contribution in [2.45, 2.75) is 13.0 Å². The number of ether oxygens (including phenoxy) is 1. The van der Waals surface area contributed by atoms with Gasteiger partial charge in [0.05, 0.1) is 24.4 Å². The lowest BCUT2D eigenvalue weighted by molar-refractivity contribution is 0.0599. The van der Waals surface area contributed by atoms with Crippen LogP contribution in [-0.2, 0) is 4.74 Å². The van der Waals surface area contributed by atoms with Crippen LogP contribution in [-0.4, -0.2) is 62.2 Å². The van der Waals surface area contributed by atoms with Gasteiger partial charge in [0.15, 0.2) is 0 Å². The molecular formula is C14H22N4O2. The normalized spacial score (nSPS) is 20.0. The van der Waals surface area contributed by atoms with Crippen molar-refractivity contribution in [3.05, 3.63) is 23.4 Å². The maximum Gasteiger partial charge on any atom is 0.339 e. The molecule has 110 valence electrons. The van der Waals surface area contributed by atoms with Crippen LogP contribution in [0.3, 0.4) is 0 Å². The number of hydrogen-bond acceptors (Lipinski definition) is 6. The number of anilines is 1. The molecule has 1 unspecified atom stereocenters. The van der Waals surface area contributed by atoms with Gasteiger partial charge in [-0.3, -0.25) is 0 Å². The minimum atomic E-state index is -0.352. The highest BCUT2D eigenvalue weighted by Gasteiger charge is 2.25. The van der Waals surface area contributed by atoms with Crippen molar-refractivity contribution in [2.24, 2.45) is 5.73 Å². The van der Waals surface area contributed by atoms with E-state index in [9.17, 15) is 4.79 Å². The molecule has 1 aromatic heterocycles. The molecule has 2 rings (SSSR count). The Morgan fingerprint density at radius 3 is 2.85 bits per heavy atom. The lowest BCUT2D eigenvalue weighted by atomic mass is 10.1. The van der Waals surface area contributed by atoms with Crippen molar-refractivity contribution in [1.29, 1.82) is 0 Å². The molecule has 20 heavy (non-hydrogen) atoms. The van der Waals surface area contributed by atoms with Gasteiger partial charge < -0.3 is 20.3 Å². The molecule has 1 aliphatic heterocycles. The van der Waals surface area contributed by atoms with Crippen LogP contribution < -0.4 is 10.6 Å². The van der Waals surface area contributed by atoms with Gasteiger partial charge in [-0.25, -0.2) is 9.78 Å². The third kappa shape index (κ3) is 2.91. The topological polar surface area (TPSA) is 71.7 Å². The molecule has 0 amide bonds. The van der Waals surface area contributed by atoms with E-state index >= 15 is 0 Å². The Morgan fingerprint density at radius 1 is 1.50 bits per heavy atom. The van der Waals surface area contributed by atoms with Crippen molar-refractivity contribution in [2.75, 3.05) is 45.2 Å². The Kier molecular flexibility index (Phi) is 4.57. The van der Waals surface area contributed by atoms with Crippen LogP contribution in [0, 0.1) is 6.92 Å². The van der Waals surface area contributed by atoms with Gasteiger partial charge in [-0.15, -0.1) is 0 Å². The molecule has 1 aliphatic rings. The summed E-state index contributed by atoms with van der Waals surface area (Å²) in [6, 6.07) is 3.90. The minimum absolute atomic E-state index is 0.254. The van der Waals surface area contributed by atoms with Crippen LogP contribution in [0.15, 0.2) is 12.1 Å². The zero-order valence-electron chi connectivity index (χ0n) is 12.3. The number of aromatic nitrogens is 1. The molecule has 1 fully saturated rings. The summed E-state index contributed by atoms with van der Waals surface area (Å²) in [5, 5.41) is 0. The number of nitrogens with zero attached hydrogens (tertiary/aromatic N) is 3. The lowest BCUT2D eigenvalue weighted by Crippen LogP contribution is -2.55. The first-order valence-electron chi connectivity index (χ1n) is 6.78. The number of piperazine rings is 1. The van der Waals surface area contributed by atoms with E-state index < -0.39 is 0 Å². The van der Waals surface area contributed by atoms with Gasteiger partial charge in [-0.1, -0.05) is 0 Å². The number of esters is 1. The third-order valence-electron chi connectivity index (χ3n) is 3.73. The molecule has 0 spiro atoms. The molecule has 6 heteroatoms. The highest BCUT2D eigenvalue weighted by molar-refractivity contribution is 5.90. The molecule has 2 heterocycles. The molecule has 0 saturated carbocycles. The second-order valence-corrected chi connectivity index (χ2v) is 5.14. The van der Waals surface area contributed by atoms with Gasteiger partial charge in [0, 0.05) is 26.2 Å². The number of pyridine rings is 1. The minimum Gasteiger partial charge on any atom is -0.465 e. The van der Waals surface area contributed by atoms with Crippen molar-refractivity contribution < 1.29 is 9.53 Å². The van der Waals surface area contributed by atoms with Crippen LogP contribution in [0.4, 0.5) is 5.82 Å². The van der Waals surface area contributed by atoms with E-state index in [1.165, 1.54) is 7.11 Å². The Labute approximate surface area is 119 Å². The fourth-order valence-electron chi connectivity index (χ4n) is 2.55. The highest BCUT2D eigenvalue weighted by Crippen LogP contribution is 2.20. The summed E-state index contributed by atoms with van der Waals surface area (Å²) in [5.41, 5.74) is 7.05.